The quantitative estimate of drug-likeness (QED) is 0.477. The van der Waals surface area contributed by atoms with E-state index < -0.39 is 0 Å². The molecule has 0 unspecified atom stereocenters. The van der Waals surface area contributed by atoms with Crippen LogP contribution in [0.4, 0.5) is 5.69 Å². The van der Waals surface area contributed by atoms with Gasteiger partial charge in [-0.2, -0.15) is 5.26 Å². The number of benzene rings is 1. The lowest BCUT2D eigenvalue weighted by Gasteiger charge is -2.28. The Morgan fingerprint density at radius 1 is 1.17 bits per heavy atom. The second-order valence-electron chi connectivity index (χ2n) is 6.03. The average molecular weight is 320 g/mol. The van der Waals surface area contributed by atoms with E-state index in [0.717, 1.165) is 18.7 Å². The lowest BCUT2D eigenvalue weighted by molar-refractivity contribution is 0.103. The van der Waals surface area contributed by atoms with E-state index in [0.29, 0.717) is 11.3 Å². The van der Waals surface area contributed by atoms with E-state index in [2.05, 4.69) is 17.0 Å². The molecular weight excluding hydrogens is 300 g/mol. The fourth-order valence-corrected chi connectivity index (χ4v) is 3.01. The summed E-state index contributed by atoms with van der Waals surface area (Å²) in [5, 5.41) is 9.33. The van der Waals surface area contributed by atoms with Crippen LogP contribution in [0.3, 0.4) is 0 Å². The summed E-state index contributed by atoms with van der Waals surface area (Å²) in [6.07, 6.45) is 6.87. The number of furan rings is 1. The van der Waals surface area contributed by atoms with Crippen molar-refractivity contribution in [3.63, 3.8) is 0 Å². The van der Waals surface area contributed by atoms with Gasteiger partial charge >= 0.3 is 0 Å². The third-order valence-corrected chi connectivity index (χ3v) is 4.39. The van der Waals surface area contributed by atoms with Crippen LogP contribution in [0.25, 0.3) is 6.08 Å². The van der Waals surface area contributed by atoms with Gasteiger partial charge in [-0.1, -0.05) is 12.1 Å². The number of hydrogen-bond acceptors (Lipinski definition) is 4. The molecule has 1 fully saturated rings. The Bertz CT molecular complexity index is 788. The number of nitrogens with zero attached hydrogens (tertiary/aromatic N) is 2. The summed E-state index contributed by atoms with van der Waals surface area (Å²) in [7, 11) is 0. The Kier molecular flexibility index (Phi) is 4.81. The summed E-state index contributed by atoms with van der Waals surface area (Å²) in [6.45, 7) is 3.91. The van der Waals surface area contributed by atoms with Gasteiger partial charge in [-0.3, -0.25) is 4.79 Å². The van der Waals surface area contributed by atoms with Crippen molar-refractivity contribution in [2.75, 3.05) is 18.0 Å². The van der Waals surface area contributed by atoms with Crippen LogP contribution in [0, 0.1) is 18.3 Å². The molecule has 1 aromatic heterocycles. The van der Waals surface area contributed by atoms with Gasteiger partial charge < -0.3 is 9.32 Å². The van der Waals surface area contributed by atoms with Crippen molar-refractivity contribution in [2.24, 2.45) is 0 Å². The number of carbonyl (C=O) groups is 1. The molecule has 1 aliphatic heterocycles. The summed E-state index contributed by atoms with van der Waals surface area (Å²) in [4.78, 5) is 14.8. The first-order chi connectivity index (χ1) is 11.7. The number of anilines is 1. The highest BCUT2D eigenvalue weighted by molar-refractivity contribution is 6.14. The van der Waals surface area contributed by atoms with Crippen molar-refractivity contribution < 1.29 is 9.21 Å². The molecule has 0 bridgehead atoms. The molecule has 0 saturated carbocycles. The van der Waals surface area contributed by atoms with E-state index in [4.69, 9.17) is 4.42 Å². The molecule has 0 atom stereocenters. The second kappa shape index (κ2) is 7.18. The molecule has 1 aromatic carbocycles. The SMILES string of the molecule is Cc1occc1C(=O)/C(C#N)=C/c1ccc(N2CCCCC2)cc1. The van der Waals surface area contributed by atoms with Crippen molar-refractivity contribution in [3.8, 4) is 6.07 Å². The summed E-state index contributed by atoms with van der Waals surface area (Å²) < 4.78 is 5.15. The molecule has 4 nitrogen and oxygen atoms in total. The molecule has 2 heterocycles. The van der Waals surface area contributed by atoms with Crippen LogP contribution in [0.15, 0.2) is 46.6 Å². The number of rotatable bonds is 4. The number of ketones is 1. The monoisotopic (exact) mass is 320 g/mol. The van der Waals surface area contributed by atoms with Gasteiger partial charge in [-0.15, -0.1) is 0 Å². The van der Waals surface area contributed by atoms with Gasteiger partial charge in [-0.25, -0.2) is 0 Å². The number of Topliss-reactive ketones (excluding diaryl/α,β-unsaturated/α-hetero) is 1. The van der Waals surface area contributed by atoms with Crippen LogP contribution < -0.4 is 4.90 Å². The Hall–Kier alpha value is -2.80. The number of hydrogen-bond donors (Lipinski definition) is 0. The third-order valence-electron chi connectivity index (χ3n) is 4.39. The first kappa shape index (κ1) is 16.1. The zero-order valence-electron chi connectivity index (χ0n) is 13.8. The minimum atomic E-state index is -0.302. The van der Waals surface area contributed by atoms with Crippen molar-refractivity contribution in [1.29, 1.82) is 5.26 Å². The number of allylic oxidation sites excluding steroid dienone is 1. The maximum atomic E-state index is 12.4. The van der Waals surface area contributed by atoms with Gasteiger partial charge in [-0.05, 0) is 56.0 Å². The first-order valence-electron chi connectivity index (χ1n) is 8.24. The number of aryl methyl sites for hydroxylation is 1. The summed E-state index contributed by atoms with van der Waals surface area (Å²) in [5.41, 5.74) is 2.60. The average Bonchev–Trinajstić information content (AvgIpc) is 3.06. The van der Waals surface area contributed by atoms with Crippen LogP contribution >= 0.6 is 0 Å². The van der Waals surface area contributed by atoms with Crippen LogP contribution in [-0.2, 0) is 0 Å². The topological polar surface area (TPSA) is 57.2 Å². The minimum Gasteiger partial charge on any atom is -0.469 e. The number of carbonyl (C=O) groups excluding carboxylic acids is 1. The molecule has 1 saturated heterocycles. The lowest BCUT2D eigenvalue weighted by atomic mass is 10.0. The van der Waals surface area contributed by atoms with Gasteiger partial charge in [0, 0.05) is 18.8 Å². The molecule has 1 aliphatic rings. The standard InChI is InChI=1S/C20H20N2O2/c1-15-19(9-12-24-15)20(23)17(14-21)13-16-5-7-18(8-6-16)22-10-3-2-4-11-22/h5-9,12-13H,2-4,10-11H2,1H3/b17-13+. The van der Waals surface area contributed by atoms with Gasteiger partial charge in [0.25, 0.3) is 0 Å². The summed E-state index contributed by atoms with van der Waals surface area (Å²) in [5.74, 6) is 0.227. The molecule has 0 radical (unpaired) electrons. The molecule has 0 spiro atoms. The molecule has 24 heavy (non-hydrogen) atoms. The van der Waals surface area contributed by atoms with E-state index in [-0.39, 0.29) is 11.4 Å². The van der Waals surface area contributed by atoms with E-state index in [1.54, 1.807) is 19.1 Å². The Labute approximate surface area is 142 Å². The fourth-order valence-electron chi connectivity index (χ4n) is 3.01. The maximum absolute atomic E-state index is 12.4. The molecule has 4 heteroatoms. The zero-order chi connectivity index (χ0) is 16.9. The highest BCUT2D eigenvalue weighted by atomic mass is 16.3. The van der Waals surface area contributed by atoms with Gasteiger partial charge in [0.15, 0.2) is 0 Å². The molecule has 122 valence electrons. The van der Waals surface area contributed by atoms with E-state index in [1.807, 2.05) is 18.2 Å². The first-order valence-corrected chi connectivity index (χ1v) is 8.24. The second-order valence-corrected chi connectivity index (χ2v) is 6.03. The van der Waals surface area contributed by atoms with Crippen molar-refractivity contribution in [2.45, 2.75) is 26.2 Å². The molecular formula is C20H20N2O2. The normalized spacial score (nSPS) is 15.2. The van der Waals surface area contributed by atoms with Crippen LogP contribution in [-0.4, -0.2) is 18.9 Å². The molecule has 2 aromatic rings. The Balaban J connectivity index is 1.80. The summed E-state index contributed by atoms with van der Waals surface area (Å²) in [6, 6.07) is 11.6. The predicted octanol–water partition coefficient (Wildman–Crippen LogP) is 4.37. The predicted molar refractivity (Wildman–Crippen MR) is 93.9 cm³/mol. The fraction of sp³-hybridized carbons (Fsp3) is 0.300. The highest BCUT2D eigenvalue weighted by Gasteiger charge is 2.16. The van der Waals surface area contributed by atoms with Crippen LogP contribution in [0.5, 0.6) is 0 Å². The lowest BCUT2D eigenvalue weighted by Crippen LogP contribution is -2.29. The molecule has 0 aliphatic carbocycles. The Morgan fingerprint density at radius 2 is 1.88 bits per heavy atom. The molecule has 3 rings (SSSR count). The van der Waals surface area contributed by atoms with Crippen molar-refractivity contribution in [3.05, 3.63) is 59.1 Å². The van der Waals surface area contributed by atoms with Gasteiger partial charge in [0.05, 0.1) is 11.8 Å². The zero-order valence-corrected chi connectivity index (χ0v) is 13.8. The molecule has 0 N–H and O–H groups in total. The number of piperidine rings is 1. The van der Waals surface area contributed by atoms with Crippen molar-refractivity contribution >= 4 is 17.5 Å². The van der Waals surface area contributed by atoms with E-state index in [9.17, 15) is 10.1 Å². The van der Waals surface area contributed by atoms with Crippen LogP contribution in [0.1, 0.15) is 40.9 Å². The summed E-state index contributed by atoms with van der Waals surface area (Å²) >= 11 is 0. The maximum Gasteiger partial charge on any atom is 0.207 e. The van der Waals surface area contributed by atoms with E-state index >= 15 is 0 Å². The third kappa shape index (κ3) is 3.41. The highest BCUT2D eigenvalue weighted by Crippen LogP contribution is 2.22. The minimum absolute atomic E-state index is 0.116. The Morgan fingerprint density at radius 3 is 2.46 bits per heavy atom. The van der Waals surface area contributed by atoms with Gasteiger partial charge in [0.1, 0.15) is 17.4 Å². The van der Waals surface area contributed by atoms with E-state index in [1.165, 1.54) is 31.2 Å². The van der Waals surface area contributed by atoms with Crippen molar-refractivity contribution in [1.82, 2.24) is 0 Å². The largest absolute Gasteiger partial charge is 0.469 e. The van der Waals surface area contributed by atoms with Crippen LogP contribution in [0.2, 0.25) is 0 Å². The smallest absolute Gasteiger partial charge is 0.207 e. The van der Waals surface area contributed by atoms with Gasteiger partial charge in [0.2, 0.25) is 5.78 Å². The number of nitriles is 1. The molecule has 0 amide bonds.